The molecule has 128 valence electrons. The standard InChI is InChI=1S/C17H27N3O2S/c1-5-11(4)15(21)19-12-6-7-13-14(8-12)23-17(20-13)16(22)18-9-10(2)3/h10-12H,5-9H2,1-4H3,(H,18,22)(H,19,21)/t11-,12+/m0/s1. The Morgan fingerprint density at radius 2 is 2.09 bits per heavy atom. The van der Waals surface area contributed by atoms with Gasteiger partial charge < -0.3 is 10.6 Å². The van der Waals surface area contributed by atoms with Crippen LogP contribution in [0.3, 0.4) is 0 Å². The van der Waals surface area contributed by atoms with Gasteiger partial charge in [-0.15, -0.1) is 11.3 Å². The zero-order valence-corrected chi connectivity index (χ0v) is 15.3. The number of thiazole rings is 1. The molecule has 2 atom stereocenters. The van der Waals surface area contributed by atoms with E-state index in [1.165, 1.54) is 11.3 Å². The van der Waals surface area contributed by atoms with Crippen molar-refractivity contribution in [3.63, 3.8) is 0 Å². The van der Waals surface area contributed by atoms with Crippen LogP contribution >= 0.6 is 11.3 Å². The molecule has 0 bridgehead atoms. The molecular weight excluding hydrogens is 310 g/mol. The zero-order chi connectivity index (χ0) is 17.0. The van der Waals surface area contributed by atoms with Crippen molar-refractivity contribution in [1.82, 2.24) is 15.6 Å². The molecular formula is C17H27N3O2S. The van der Waals surface area contributed by atoms with E-state index in [0.717, 1.165) is 36.3 Å². The van der Waals surface area contributed by atoms with Crippen LogP contribution in [0.15, 0.2) is 0 Å². The lowest BCUT2D eigenvalue weighted by molar-refractivity contribution is -0.125. The first-order chi connectivity index (χ1) is 10.9. The molecule has 6 heteroatoms. The molecule has 0 radical (unpaired) electrons. The van der Waals surface area contributed by atoms with E-state index in [4.69, 9.17) is 0 Å². The van der Waals surface area contributed by atoms with E-state index in [1.54, 1.807) is 0 Å². The molecule has 2 rings (SSSR count). The van der Waals surface area contributed by atoms with Gasteiger partial charge in [-0.25, -0.2) is 4.98 Å². The van der Waals surface area contributed by atoms with Crippen LogP contribution < -0.4 is 10.6 Å². The molecule has 1 aromatic rings. The van der Waals surface area contributed by atoms with Gasteiger partial charge >= 0.3 is 0 Å². The molecule has 0 aromatic carbocycles. The quantitative estimate of drug-likeness (QED) is 0.838. The maximum atomic E-state index is 12.1. The Balaban J connectivity index is 1.96. The Bertz CT molecular complexity index is 568. The molecule has 0 saturated heterocycles. The van der Waals surface area contributed by atoms with E-state index < -0.39 is 0 Å². The fourth-order valence-corrected chi connectivity index (χ4v) is 3.60. The third-order valence-electron chi connectivity index (χ3n) is 4.21. The Morgan fingerprint density at radius 1 is 1.35 bits per heavy atom. The van der Waals surface area contributed by atoms with Crippen molar-refractivity contribution < 1.29 is 9.59 Å². The second-order valence-corrected chi connectivity index (χ2v) is 7.83. The van der Waals surface area contributed by atoms with Crippen LogP contribution in [0.2, 0.25) is 0 Å². The van der Waals surface area contributed by atoms with Gasteiger partial charge in [0.05, 0.1) is 5.69 Å². The molecule has 23 heavy (non-hydrogen) atoms. The average Bonchev–Trinajstić information content (AvgIpc) is 2.94. The van der Waals surface area contributed by atoms with Gasteiger partial charge in [0, 0.05) is 29.8 Å². The molecule has 0 aliphatic heterocycles. The SMILES string of the molecule is CC[C@H](C)C(=O)N[C@@H]1CCc2nc(C(=O)NCC(C)C)sc2C1. The van der Waals surface area contributed by atoms with Crippen molar-refractivity contribution in [2.75, 3.05) is 6.54 Å². The van der Waals surface area contributed by atoms with Crippen molar-refractivity contribution in [2.45, 2.75) is 59.4 Å². The number of nitrogens with one attached hydrogen (secondary N) is 2. The van der Waals surface area contributed by atoms with Crippen molar-refractivity contribution in [2.24, 2.45) is 11.8 Å². The summed E-state index contributed by atoms with van der Waals surface area (Å²) in [7, 11) is 0. The van der Waals surface area contributed by atoms with Crippen LogP contribution in [0.1, 0.15) is 60.9 Å². The van der Waals surface area contributed by atoms with Crippen molar-refractivity contribution in [3.8, 4) is 0 Å². The van der Waals surface area contributed by atoms with E-state index in [0.29, 0.717) is 17.5 Å². The summed E-state index contributed by atoms with van der Waals surface area (Å²) >= 11 is 1.47. The van der Waals surface area contributed by atoms with Crippen LogP contribution in [0.4, 0.5) is 0 Å². The van der Waals surface area contributed by atoms with Gasteiger partial charge in [-0.3, -0.25) is 9.59 Å². The molecule has 5 nitrogen and oxygen atoms in total. The number of amides is 2. The summed E-state index contributed by atoms with van der Waals surface area (Å²) in [6.45, 7) is 8.77. The lowest BCUT2D eigenvalue weighted by Gasteiger charge is -2.23. The summed E-state index contributed by atoms with van der Waals surface area (Å²) in [5.41, 5.74) is 1.03. The monoisotopic (exact) mass is 337 g/mol. The van der Waals surface area contributed by atoms with E-state index in [9.17, 15) is 9.59 Å². The highest BCUT2D eigenvalue weighted by molar-refractivity contribution is 7.13. The third kappa shape index (κ3) is 4.77. The first-order valence-corrected chi connectivity index (χ1v) is 9.29. The van der Waals surface area contributed by atoms with E-state index in [-0.39, 0.29) is 23.8 Å². The fourth-order valence-electron chi connectivity index (χ4n) is 2.50. The molecule has 2 amide bonds. The Kier molecular flexibility index (Phi) is 6.16. The van der Waals surface area contributed by atoms with E-state index >= 15 is 0 Å². The molecule has 2 N–H and O–H groups in total. The summed E-state index contributed by atoms with van der Waals surface area (Å²) in [4.78, 5) is 29.8. The highest BCUT2D eigenvalue weighted by Crippen LogP contribution is 2.27. The lowest BCUT2D eigenvalue weighted by atomic mass is 9.96. The number of aryl methyl sites for hydroxylation is 1. The van der Waals surface area contributed by atoms with Crippen LogP contribution in [-0.4, -0.2) is 29.4 Å². The topological polar surface area (TPSA) is 71.1 Å². The predicted octanol–water partition coefficient (Wildman–Crippen LogP) is 2.55. The molecule has 0 saturated carbocycles. The van der Waals surface area contributed by atoms with Crippen molar-refractivity contribution >= 4 is 23.2 Å². The van der Waals surface area contributed by atoms with E-state index in [1.807, 2.05) is 13.8 Å². The maximum Gasteiger partial charge on any atom is 0.280 e. The van der Waals surface area contributed by atoms with Gasteiger partial charge in [0.2, 0.25) is 5.91 Å². The molecule has 1 aliphatic carbocycles. The number of hydrogen-bond donors (Lipinski definition) is 2. The molecule has 1 aromatic heterocycles. The van der Waals surface area contributed by atoms with Crippen LogP contribution in [-0.2, 0) is 17.6 Å². The number of rotatable bonds is 6. The summed E-state index contributed by atoms with van der Waals surface area (Å²) in [6.07, 6.45) is 3.36. The smallest absolute Gasteiger partial charge is 0.280 e. The Hall–Kier alpha value is -1.43. The van der Waals surface area contributed by atoms with Crippen LogP contribution in [0.5, 0.6) is 0 Å². The summed E-state index contributed by atoms with van der Waals surface area (Å²) in [5.74, 6) is 0.516. The second kappa shape index (κ2) is 7.90. The van der Waals surface area contributed by atoms with E-state index in [2.05, 4.69) is 29.5 Å². The average molecular weight is 337 g/mol. The Labute approximate surface area is 142 Å². The fraction of sp³-hybridized carbons (Fsp3) is 0.706. The van der Waals surface area contributed by atoms with Gasteiger partial charge in [-0.1, -0.05) is 27.7 Å². The highest BCUT2D eigenvalue weighted by atomic mass is 32.1. The maximum absolute atomic E-state index is 12.1. The minimum atomic E-state index is -0.0849. The van der Waals surface area contributed by atoms with Crippen molar-refractivity contribution in [1.29, 1.82) is 0 Å². The molecule has 1 aliphatic rings. The predicted molar refractivity (Wildman–Crippen MR) is 92.7 cm³/mol. The highest BCUT2D eigenvalue weighted by Gasteiger charge is 2.26. The minimum absolute atomic E-state index is 0.0511. The number of carbonyl (C=O) groups is 2. The molecule has 0 unspecified atom stereocenters. The van der Waals surface area contributed by atoms with Gasteiger partial charge in [0.15, 0.2) is 5.01 Å². The van der Waals surface area contributed by atoms with Crippen LogP contribution in [0, 0.1) is 11.8 Å². The number of nitrogens with zero attached hydrogens (tertiary/aromatic N) is 1. The number of carbonyl (C=O) groups excluding carboxylic acids is 2. The summed E-state index contributed by atoms with van der Waals surface area (Å²) in [6, 6.07) is 0.163. The zero-order valence-electron chi connectivity index (χ0n) is 14.4. The molecule has 0 spiro atoms. The van der Waals surface area contributed by atoms with Gasteiger partial charge in [-0.2, -0.15) is 0 Å². The summed E-state index contributed by atoms with van der Waals surface area (Å²) < 4.78 is 0. The van der Waals surface area contributed by atoms with Crippen molar-refractivity contribution in [3.05, 3.63) is 15.6 Å². The first-order valence-electron chi connectivity index (χ1n) is 8.47. The minimum Gasteiger partial charge on any atom is -0.353 e. The largest absolute Gasteiger partial charge is 0.353 e. The second-order valence-electron chi connectivity index (χ2n) is 6.75. The van der Waals surface area contributed by atoms with Gasteiger partial charge in [0.25, 0.3) is 5.91 Å². The first kappa shape index (κ1) is 17.9. The number of hydrogen-bond acceptors (Lipinski definition) is 4. The lowest BCUT2D eigenvalue weighted by Crippen LogP contribution is -2.41. The Morgan fingerprint density at radius 3 is 2.74 bits per heavy atom. The number of aromatic nitrogens is 1. The van der Waals surface area contributed by atoms with Gasteiger partial charge in [0.1, 0.15) is 0 Å². The summed E-state index contributed by atoms with van der Waals surface area (Å²) in [5, 5.41) is 6.59. The number of fused-ring (bicyclic) bond motifs is 1. The molecule has 1 heterocycles. The van der Waals surface area contributed by atoms with Gasteiger partial charge in [-0.05, 0) is 25.2 Å². The molecule has 0 fully saturated rings. The normalized spacial score (nSPS) is 18.4. The van der Waals surface area contributed by atoms with Crippen LogP contribution in [0.25, 0.3) is 0 Å². The third-order valence-corrected chi connectivity index (χ3v) is 5.33.